The number of nitrogens with zero attached hydrogens (tertiary/aromatic N) is 3. The second-order valence-electron chi connectivity index (χ2n) is 12.0. The van der Waals surface area contributed by atoms with E-state index in [0.717, 1.165) is 5.01 Å². The lowest BCUT2D eigenvalue weighted by molar-refractivity contribution is -0.217. The Morgan fingerprint density at radius 2 is 2.05 bits per heavy atom. The quantitative estimate of drug-likeness (QED) is 0.119. The van der Waals surface area contributed by atoms with E-state index in [2.05, 4.69) is 48.7 Å². The number of aryl methyl sites for hydroxylation is 1. The lowest BCUT2D eigenvalue weighted by Gasteiger charge is -2.57. The first-order chi connectivity index (χ1) is 19.2. The molecule has 1 aromatic heterocycles. The smallest absolute Gasteiger partial charge is 0.378 e. The lowest BCUT2D eigenvalue weighted by atomic mass is 9.84. The summed E-state index contributed by atoms with van der Waals surface area (Å²) in [6.45, 7) is 14.9. The number of carbonyl (C=O) groups excluding carboxylic acids is 4. The predicted molar refractivity (Wildman–Crippen MR) is 157 cm³/mol. The van der Waals surface area contributed by atoms with Crippen molar-refractivity contribution in [2.75, 3.05) is 12.4 Å². The maximum Gasteiger partial charge on any atom is 0.378 e. The third-order valence-corrected chi connectivity index (χ3v) is 15.1. The largest absolute Gasteiger partial charge is 0.539 e. The van der Waals surface area contributed by atoms with E-state index in [9.17, 15) is 19.2 Å². The third-order valence-electron chi connectivity index (χ3n) is 8.33. The number of hydrogen-bond donors (Lipinski definition) is 0. The van der Waals surface area contributed by atoms with Crippen molar-refractivity contribution in [2.45, 2.75) is 89.2 Å². The molecule has 4 rings (SSSR count). The Balaban J connectivity index is 1.51. The maximum absolute atomic E-state index is 13.6. The number of Topliss-reactive ketones (excluding diaryl/α,β-unsaturated/α-hetero) is 1. The van der Waals surface area contributed by atoms with Gasteiger partial charge < -0.3 is 18.7 Å². The zero-order chi connectivity index (χ0) is 30.3. The van der Waals surface area contributed by atoms with Gasteiger partial charge in [0, 0.05) is 23.5 Å². The SMILES string of the molecule is [B]OC(=O)[C@]12OC(=O)C[C@H]1CS[C@@H]1[C@H](CC(=O)/C(=N\OC(CC)CO[Si](C)(C)C(C)(C)C)c3csc(C)n3)C(=O)N12. The van der Waals surface area contributed by atoms with Gasteiger partial charge in [-0.25, -0.2) is 9.78 Å². The Morgan fingerprint density at radius 1 is 1.34 bits per heavy atom. The molecule has 5 atom stereocenters. The molecule has 0 aromatic carbocycles. The van der Waals surface area contributed by atoms with Crippen molar-refractivity contribution < 1.29 is 37.8 Å². The van der Waals surface area contributed by atoms with E-state index >= 15 is 0 Å². The molecule has 3 aliphatic rings. The van der Waals surface area contributed by atoms with Crippen molar-refractivity contribution in [3.63, 3.8) is 0 Å². The van der Waals surface area contributed by atoms with Crippen molar-refractivity contribution in [1.82, 2.24) is 9.88 Å². The molecule has 41 heavy (non-hydrogen) atoms. The van der Waals surface area contributed by atoms with Gasteiger partial charge in [0.15, 0.2) is 19.8 Å². The monoisotopic (exact) mass is 621 g/mol. The number of esters is 1. The molecule has 3 saturated heterocycles. The van der Waals surface area contributed by atoms with Gasteiger partial charge in [0.05, 0.1) is 29.3 Å². The summed E-state index contributed by atoms with van der Waals surface area (Å²) in [6.07, 6.45) is 0.0218. The molecule has 1 aromatic rings. The van der Waals surface area contributed by atoms with E-state index in [1.54, 1.807) is 5.38 Å². The minimum atomic E-state index is -2.02. The molecule has 11 nitrogen and oxygen atoms in total. The molecule has 0 aliphatic carbocycles. The van der Waals surface area contributed by atoms with Crippen LogP contribution in [0.25, 0.3) is 0 Å². The minimum absolute atomic E-state index is 0.0217. The summed E-state index contributed by atoms with van der Waals surface area (Å²) in [5, 5.41) is 6.18. The van der Waals surface area contributed by atoms with Crippen LogP contribution >= 0.6 is 23.1 Å². The van der Waals surface area contributed by atoms with Crippen LogP contribution in [0.4, 0.5) is 0 Å². The first-order valence-corrected chi connectivity index (χ1v) is 18.4. The highest BCUT2D eigenvalue weighted by Gasteiger charge is 2.71. The normalized spacial score (nSPS) is 27.0. The average molecular weight is 622 g/mol. The first-order valence-electron chi connectivity index (χ1n) is 13.6. The molecule has 1 amide bonds. The van der Waals surface area contributed by atoms with E-state index in [0.29, 0.717) is 24.5 Å². The van der Waals surface area contributed by atoms with Gasteiger partial charge >= 0.3 is 20.0 Å². The van der Waals surface area contributed by atoms with Crippen LogP contribution in [0.3, 0.4) is 0 Å². The van der Waals surface area contributed by atoms with Crippen molar-refractivity contribution >= 4 is 68.8 Å². The number of amides is 1. The summed E-state index contributed by atoms with van der Waals surface area (Å²) in [6, 6.07) is 0. The Bertz CT molecular complexity index is 1250. The second kappa shape index (κ2) is 11.8. The number of ketones is 1. The fourth-order valence-electron chi connectivity index (χ4n) is 4.79. The first kappa shape index (κ1) is 31.7. The van der Waals surface area contributed by atoms with Crippen LogP contribution in [0.5, 0.6) is 0 Å². The zero-order valence-corrected chi connectivity index (χ0v) is 27.1. The molecule has 0 saturated carbocycles. The van der Waals surface area contributed by atoms with Crippen molar-refractivity contribution in [3.8, 4) is 0 Å². The highest BCUT2D eigenvalue weighted by Crippen LogP contribution is 2.54. The number of aromatic nitrogens is 1. The second-order valence-corrected chi connectivity index (χ2v) is 19.1. The van der Waals surface area contributed by atoms with E-state index in [-0.39, 0.29) is 29.7 Å². The molecule has 3 fully saturated rings. The van der Waals surface area contributed by atoms with Crippen molar-refractivity contribution in [2.24, 2.45) is 17.0 Å². The van der Waals surface area contributed by atoms with Crippen LogP contribution in [-0.2, 0) is 37.8 Å². The molecule has 15 heteroatoms. The Labute approximate surface area is 250 Å². The molecule has 2 radical (unpaired) electrons. The molecule has 1 unspecified atom stereocenters. The topological polar surface area (TPSA) is 134 Å². The molecule has 4 heterocycles. The standard InChI is InChI=1S/C26H36BN3O8S2Si/c1-8-16(11-35-41(6,7)25(3,4)5)38-29-21(18-13-39-14(2)28-18)19(31)10-17-22(33)30-23(17)40-12-15-9-20(32)36-26(15,30)24(34)37-27/h13,15-17,23H,8-12H2,1-7H3/b29-21-/t15-,16?,17+,23+,26+/m0/s1. The van der Waals surface area contributed by atoms with Gasteiger partial charge in [-0.15, -0.1) is 23.1 Å². The van der Waals surface area contributed by atoms with Gasteiger partial charge in [-0.1, -0.05) is 32.9 Å². The van der Waals surface area contributed by atoms with E-state index in [1.165, 1.54) is 28.0 Å². The molecule has 0 spiro atoms. The highest BCUT2D eigenvalue weighted by atomic mass is 32.2. The number of oxime groups is 1. The molecular weight excluding hydrogens is 585 g/mol. The van der Waals surface area contributed by atoms with Crippen LogP contribution in [0.2, 0.25) is 18.1 Å². The van der Waals surface area contributed by atoms with Gasteiger partial charge in [0.25, 0.3) is 5.72 Å². The van der Waals surface area contributed by atoms with E-state index in [4.69, 9.17) is 22.0 Å². The van der Waals surface area contributed by atoms with Crippen LogP contribution in [0, 0.1) is 18.8 Å². The predicted octanol–water partition coefficient (Wildman–Crippen LogP) is 3.35. The van der Waals surface area contributed by atoms with Gasteiger partial charge in [0.2, 0.25) is 5.91 Å². The van der Waals surface area contributed by atoms with E-state index < -0.39 is 54.9 Å². The summed E-state index contributed by atoms with van der Waals surface area (Å²) in [5.41, 5.74) is -1.51. The van der Waals surface area contributed by atoms with Crippen LogP contribution in [0.1, 0.15) is 57.7 Å². The van der Waals surface area contributed by atoms with Gasteiger partial charge in [0.1, 0.15) is 11.8 Å². The van der Waals surface area contributed by atoms with Crippen molar-refractivity contribution in [1.29, 1.82) is 0 Å². The van der Waals surface area contributed by atoms with Crippen LogP contribution < -0.4 is 0 Å². The molecule has 0 bridgehead atoms. The number of thioether (sulfide) groups is 1. The minimum Gasteiger partial charge on any atom is -0.539 e. The fraction of sp³-hybridized carbons (Fsp3) is 0.692. The Morgan fingerprint density at radius 3 is 2.63 bits per heavy atom. The summed E-state index contributed by atoms with van der Waals surface area (Å²) in [7, 11) is 3.13. The number of hydrogen-bond acceptors (Lipinski definition) is 12. The summed E-state index contributed by atoms with van der Waals surface area (Å²) >= 11 is 2.76. The van der Waals surface area contributed by atoms with Crippen LogP contribution in [-0.4, -0.2) is 85.2 Å². The molecular formula is C26H36BN3O8S2Si. The molecule has 3 aliphatic heterocycles. The number of rotatable bonds is 11. The number of β-lactam (4-membered cyclic amide) rings is 1. The van der Waals surface area contributed by atoms with E-state index in [1.807, 2.05) is 13.8 Å². The lowest BCUT2D eigenvalue weighted by Crippen LogP contribution is -2.75. The van der Waals surface area contributed by atoms with Gasteiger partial charge in [-0.2, -0.15) is 0 Å². The maximum atomic E-state index is 13.6. The van der Waals surface area contributed by atoms with Crippen molar-refractivity contribution in [3.05, 3.63) is 16.1 Å². The highest BCUT2D eigenvalue weighted by molar-refractivity contribution is 8.00. The Hall–Kier alpha value is -2.23. The summed E-state index contributed by atoms with van der Waals surface area (Å²) < 4.78 is 16.1. The summed E-state index contributed by atoms with van der Waals surface area (Å²) in [4.78, 5) is 63.3. The third kappa shape index (κ3) is 5.87. The zero-order valence-electron chi connectivity index (χ0n) is 24.4. The number of thiazole rings is 1. The fourth-order valence-corrected chi connectivity index (χ4v) is 8.05. The Kier molecular flexibility index (Phi) is 9.13. The van der Waals surface area contributed by atoms with Gasteiger partial charge in [-0.3, -0.25) is 19.3 Å². The average Bonchev–Trinajstić information content (AvgIpc) is 3.49. The van der Waals surface area contributed by atoms with Gasteiger partial charge in [-0.05, 0) is 31.5 Å². The van der Waals surface area contributed by atoms with Crippen LogP contribution in [0.15, 0.2) is 10.5 Å². The molecule has 0 N–H and O–H groups in total. The molecule has 222 valence electrons. The summed E-state index contributed by atoms with van der Waals surface area (Å²) in [5.74, 6) is -3.51. The number of carbonyl (C=O) groups is 4. The number of fused-ring (bicyclic) bond motifs is 3. The number of ether oxygens (including phenoxy) is 1.